The maximum Gasteiger partial charge on any atom is 0.126 e. The van der Waals surface area contributed by atoms with E-state index in [0.717, 1.165) is 18.8 Å². The van der Waals surface area contributed by atoms with Gasteiger partial charge >= 0.3 is 0 Å². The molecule has 1 rings (SSSR count). The van der Waals surface area contributed by atoms with Gasteiger partial charge in [-0.3, -0.25) is 0 Å². The summed E-state index contributed by atoms with van der Waals surface area (Å²) in [6.45, 7) is 14.1. The summed E-state index contributed by atoms with van der Waals surface area (Å²) in [5.41, 5.74) is 2.67. The lowest BCUT2D eigenvalue weighted by molar-refractivity contribution is 0.0461. The van der Waals surface area contributed by atoms with Crippen LogP contribution in [0, 0.1) is 5.92 Å². The minimum atomic E-state index is 0.151. The molecular weight excluding hydrogens is 320 g/mol. The average Bonchev–Trinajstić information content (AvgIpc) is 2.58. The van der Waals surface area contributed by atoms with E-state index < -0.39 is 0 Å². The Kier molecular flexibility index (Phi) is 10.0. The van der Waals surface area contributed by atoms with Crippen molar-refractivity contribution in [3.8, 4) is 5.75 Å². The number of ether oxygens (including phenoxy) is 2. The molecule has 1 atom stereocenters. The van der Waals surface area contributed by atoms with Gasteiger partial charge in [0.15, 0.2) is 0 Å². The molecule has 0 aliphatic carbocycles. The van der Waals surface area contributed by atoms with Crippen LogP contribution in [0.3, 0.4) is 0 Å². The second-order valence-corrected chi connectivity index (χ2v) is 8.58. The van der Waals surface area contributed by atoms with E-state index in [1.54, 1.807) is 7.11 Å². The molecule has 1 aromatic carbocycles. The molecule has 0 N–H and O–H groups in total. The van der Waals surface area contributed by atoms with Crippen LogP contribution in [0.4, 0.5) is 0 Å². The van der Waals surface area contributed by atoms with Gasteiger partial charge in [0, 0.05) is 12.2 Å². The monoisotopic (exact) mass is 360 g/mol. The maximum absolute atomic E-state index is 5.82. The Morgan fingerprint density at radius 2 is 1.85 bits per heavy atom. The third-order valence-corrected chi connectivity index (χ3v) is 4.74. The molecular formula is C24H40O2. The molecule has 0 aliphatic heterocycles. The van der Waals surface area contributed by atoms with Crippen LogP contribution in [-0.4, -0.2) is 19.8 Å². The van der Waals surface area contributed by atoms with E-state index in [2.05, 4.69) is 71.9 Å². The molecule has 0 saturated carbocycles. The third kappa shape index (κ3) is 8.40. The molecule has 1 unspecified atom stereocenters. The van der Waals surface area contributed by atoms with Crippen LogP contribution in [0.15, 0.2) is 24.3 Å². The van der Waals surface area contributed by atoms with Crippen molar-refractivity contribution < 1.29 is 9.47 Å². The topological polar surface area (TPSA) is 18.5 Å². The Morgan fingerprint density at radius 3 is 2.42 bits per heavy atom. The van der Waals surface area contributed by atoms with E-state index in [-0.39, 0.29) is 5.41 Å². The minimum Gasteiger partial charge on any atom is -0.496 e. The highest BCUT2D eigenvalue weighted by Crippen LogP contribution is 2.29. The van der Waals surface area contributed by atoms with Gasteiger partial charge in [0.2, 0.25) is 0 Å². The number of hydrogen-bond donors (Lipinski definition) is 0. The molecule has 2 nitrogen and oxygen atoms in total. The standard InChI is InChI=1S/C24H40O2/c1-8-12-20(18-26-19(2)3)13-10-9-11-14-21-17-22(24(4,5)6)15-16-23(21)25-7/h11,14-17,19-20H,8-10,12-13,18H2,1-7H3. The normalized spacial score (nSPS) is 13.5. The number of methoxy groups -OCH3 is 1. The van der Waals surface area contributed by atoms with Crippen LogP contribution in [0.1, 0.15) is 84.8 Å². The van der Waals surface area contributed by atoms with Crippen molar-refractivity contribution in [2.45, 2.75) is 85.2 Å². The first-order valence-corrected chi connectivity index (χ1v) is 10.2. The molecule has 0 saturated heterocycles. The lowest BCUT2D eigenvalue weighted by Gasteiger charge is -2.20. The van der Waals surface area contributed by atoms with Crippen molar-refractivity contribution in [2.75, 3.05) is 13.7 Å². The molecule has 0 aromatic heterocycles. The van der Waals surface area contributed by atoms with Crippen LogP contribution >= 0.6 is 0 Å². The van der Waals surface area contributed by atoms with Crippen molar-refractivity contribution in [1.82, 2.24) is 0 Å². The fourth-order valence-electron chi connectivity index (χ4n) is 3.11. The minimum absolute atomic E-state index is 0.151. The summed E-state index contributed by atoms with van der Waals surface area (Å²) in [6, 6.07) is 6.51. The van der Waals surface area contributed by atoms with Gasteiger partial charge in [0.1, 0.15) is 5.75 Å². The molecule has 2 heteroatoms. The van der Waals surface area contributed by atoms with E-state index in [1.807, 2.05) is 0 Å². The molecule has 148 valence electrons. The summed E-state index contributed by atoms with van der Waals surface area (Å²) in [5, 5.41) is 0. The second-order valence-electron chi connectivity index (χ2n) is 8.58. The van der Waals surface area contributed by atoms with Gasteiger partial charge < -0.3 is 9.47 Å². The quantitative estimate of drug-likeness (QED) is 0.395. The first-order valence-electron chi connectivity index (χ1n) is 10.2. The van der Waals surface area contributed by atoms with Gasteiger partial charge in [0.05, 0.1) is 13.2 Å². The maximum atomic E-state index is 5.82. The van der Waals surface area contributed by atoms with Gasteiger partial charge in [-0.1, -0.05) is 52.3 Å². The second kappa shape index (κ2) is 11.4. The van der Waals surface area contributed by atoms with Gasteiger partial charge in [-0.05, 0) is 68.6 Å². The highest BCUT2D eigenvalue weighted by molar-refractivity contribution is 5.59. The number of rotatable bonds is 11. The van der Waals surface area contributed by atoms with Crippen molar-refractivity contribution in [3.05, 3.63) is 35.4 Å². The molecule has 0 amide bonds. The van der Waals surface area contributed by atoms with E-state index in [4.69, 9.17) is 9.47 Å². The number of unbranched alkanes of at least 4 members (excludes halogenated alkanes) is 1. The third-order valence-electron chi connectivity index (χ3n) is 4.74. The number of benzene rings is 1. The van der Waals surface area contributed by atoms with Crippen LogP contribution in [0.5, 0.6) is 5.75 Å². The Bertz CT molecular complexity index is 538. The Hall–Kier alpha value is -1.28. The van der Waals surface area contributed by atoms with Crippen LogP contribution in [0.2, 0.25) is 0 Å². The average molecular weight is 361 g/mol. The SMILES string of the molecule is CCCC(CCCC=Cc1cc(C(C)(C)C)ccc1OC)COC(C)C. The van der Waals surface area contributed by atoms with Crippen molar-refractivity contribution in [3.63, 3.8) is 0 Å². The summed E-state index contributed by atoms with van der Waals surface area (Å²) in [4.78, 5) is 0. The summed E-state index contributed by atoms with van der Waals surface area (Å²) < 4.78 is 11.4. The first-order chi connectivity index (χ1) is 12.3. The van der Waals surface area contributed by atoms with E-state index >= 15 is 0 Å². The predicted octanol–water partition coefficient (Wildman–Crippen LogP) is 7.02. The predicted molar refractivity (Wildman–Crippen MR) is 114 cm³/mol. The summed E-state index contributed by atoms with van der Waals surface area (Å²) in [6.07, 6.45) is 10.9. The zero-order valence-corrected chi connectivity index (χ0v) is 18.1. The fourth-order valence-corrected chi connectivity index (χ4v) is 3.11. The summed E-state index contributed by atoms with van der Waals surface area (Å²) in [5.74, 6) is 1.64. The fraction of sp³-hybridized carbons (Fsp3) is 0.667. The molecule has 0 bridgehead atoms. The number of hydrogen-bond acceptors (Lipinski definition) is 2. The zero-order chi connectivity index (χ0) is 19.6. The molecule has 0 aliphatic rings. The van der Waals surface area contributed by atoms with Crippen molar-refractivity contribution >= 4 is 6.08 Å². The molecule has 0 radical (unpaired) electrons. The van der Waals surface area contributed by atoms with Gasteiger partial charge in [-0.25, -0.2) is 0 Å². The Labute approximate surface area is 162 Å². The van der Waals surface area contributed by atoms with Crippen molar-refractivity contribution in [1.29, 1.82) is 0 Å². The van der Waals surface area contributed by atoms with Gasteiger partial charge in [0.25, 0.3) is 0 Å². The Morgan fingerprint density at radius 1 is 1.12 bits per heavy atom. The highest BCUT2D eigenvalue weighted by Gasteiger charge is 2.15. The number of allylic oxidation sites excluding steroid dienone is 1. The van der Waals surface area contributed by atoms with Gasteiger partial charge in [-0.15, -0.1) is 0 Å². The first kappa shape index (κ1) is 22.8. The molecule has 1 aromatic rings. The summed E-state index contributed by atoms with van der Waals surface area (Å²) in [7, 11) is 1.74. The van der Waals surface area contributed by atoms with Gasteiger partial charge in [-0.2, -0.15) is 0 Å². The molecule has 26 heavy (non-hydrogen) atoms. The van der Waals surface area contributed by atoms with Crippen LogP contribution < -0.4 is 4.74 Å². The largest absolute Gasteiger partial charge is 0.496 e. The van der Waals surface area contributed by atoms with Crippen molar-refractivity contribution in [2.24, 2.45) is 5.92 Å². The molecule has 0 spiro atoms. The Balaban J connectivity index is 2.59. The van der Waals surface area contributed by atoms with Crippen LogP contribution in [0.25, 0.3) is 6.08 Å². The lowest BCUT2D eigenvalue weighted by atomic mass is 9.86. The lowest BCUT2D eigenvalue weighted by Crippen LogP contribution is -2.13. The molecule has 0 fully saturated rings. The highest BCUT2D eigenvalue weighted by atomic mass is 16.5. The molecule has 0 heterocycles. The smallest absolute Gasteiger partial charge is 0.126 e. The van der Waals surface area contributed by atoms with E-state index in [1.165, 1.54) is 36.8 Å². The van der Waals surface area contributed by atoms with Crippen LogP contribution in [-0.2, 0) is 10.2 Å². The van der Waals surface area contributed by atoms with E-state index in [9.17, 15) is 0 Å². The summed E-state index contributed by atoms with van der Waals surface area (Å²) >= 11 is 0. The zero-order valence-electron chi connectivity index (χ0n) is 18.1. The van der Waals surface area contributed by atoms with E-state index in [0.29, 0.717) is 12.0 Å².